The summed E-state index contributed by atoms with van der Waals surface area (Å²) < 4.78 is 28.8. The number of anilines is 2. The van der Waals surface area contributed by atoms with Gasteiger partial charge in [-0.1, -0.05) is 11.6 Å². The highest BCUT2D eigenvalue weighted by atomic mass is 35.5. The molecule has 1 saturated carbocycles. The summed E-state index contributed by atoms with van der Waals surface area (Å²) in [6, 6.07) is 8.74. The van der Waals surface area contributed by atoms with Gasteiger partial charge >= 0.3 is 0 Å². The third-order valence-corrected chi connectivity index (χ3v) is 7.69. The molecule has 1 aromatic carbocycles. The molecule has 7 rings (SSSR count). The van der Waals surface area contributed by atoms with Crippen LogP contribution >= 0.6 is 11.6 Å². The lowest BCUT2D eigenvalue weighted by atomic mass is 9.73. The van der Waals surface area contributed by atoms with E-state index in [9.17, 15) is 13.6 Å². The van der Waals surface area contributed by atoms with Crippen molar-refractivity contribution in [1.29, 1.82) is 0 Å². The van der Waals surface area contributed by atoms with Gasteiger partial charge in [0.15, 0.2) is 5.82 Å². The lowest BCUT2D eigenvalue weighted by Gasteiger charge is -2.60. The number of aromatic nitrogens is 4. The Kier molecular flexibility index (Phi) is 4.43. The predicted octanol–water partition coefficient (Wildman–Crippen LogP) is 2.98. The van der Waals surface area contributed by atoms with E-state index in [1.807, 2.05) is 22.8 Å². The minimum absolute atomic E-state index is 0.139. The van der Waals surface area contributed by atoms with Crippen LogP contribution in [0.5, 0.6) is 0 Å². The molecule has 0 radical (unpaired) electrons. The van der Waals surface area contributed by atoms with Crippen molar-refractivity contribution in [2.24, 2.45) is 11.3 Å². The fraction of sp³-hybridized carbons (Fsp3) is 0.417. The first-order valence-electron chi connectivity index (χ1n) is 11.7. The highest BCUT2D eigenvalue weighted by Crippen LogP contribution is 2.44. The number of alkyl halides is 1. The second-order valence-corrected chi connectivity index (χ2v) is 10.6. The number of amides is 1. The number of hydrogen-bond acceptors (Lipinski definition) is 6. The number of carbonyl (C=O) groups excluding carboxylic acids is 1. The molecule has 8 nitrogen and oxygen atoms in total. The quantitative estimate of drug-likeness (QED) is 0.554. The van der Waals surface area contributed by atoms with Gasteiger partial charge in [-0.3, -0.25) is 9.36 Å². The standard InChI is InChI=1S/C24H22ClF2N7O/c25-15-1-3-19-14(5-15)8-31(22(35)17-6-18(17)27)9-21-29-30-23(34(19)21)33-12-24(13-33)10-32(11-24)20-4-2-16(26)7-28-20/h1-5,7,17-18H,6,8-13H2/t17?,18-/m0/s1. The van der Waals surface area contributed by atoms with Crippen LogP contribution in [0.2, 0.25) is 5.02 Å². The number of benzene rings is 1. The largest absolute Gasteiger partial charge is 0.355 e. The maximum absolute atomic E-state index is 13.6. The van der Waals surface area contributed by atoms with Gasteiger partial charge in [-0.2, -0.15) is 0 Å². The molecule has 11 heteroatoms. The van der Waals surface area contributed by atoms with Crippen LogP contribution in [0.4, 0.5) is 20.5 Å². The summed E-state index contributed by atoms with van der Waals surface area (Å²) in [7, 11) is 0. The summed E-state index contributed by atoms with van der Waals surface area (Å²) in [4.78, 5) is 23.1. The van der Waals surface area contributed by atoms with Gasteiger partial charge in [-0.15, -0.1) is 10.2 Å². The van der Waals surface area contributed by atoms with Crippen molar-refractivity contribution in [3.63, 3.8) is 0 Å². The summed E-state index contributed by atoms with van der Waals surface area (Å²) >= 11 is 6.29. The average Bonchev–Trinajstić information content (AvgIpc) is 3.43. The van der Waals surface area contributed by atoms with Gasteiger partial charge < -0.3 is 14.7 Å². The van der Waals surface area contributed by atoms with Gasteiger partial charge in [-0.25, -0.2) is 13.8 Å². The molecule has 5 heterocycles. The number of fused-ring (bicyclic) bond motifs is 3. The molecular weight excluding hydrogens is 476 g/mol. The Morgan fingerprint density at radius 2 is 1.83 bits per heavy atom. The number of halogens is 3. The molecule has 3 aromatic rings. The second-order valence-electron chi connectivity index (χ2n) is 10.1. The molecule has 3 aliphatic heterocycles. The first-order valence-corrected chi connectivity index (χ1v) is 12.0. The number of rotatable bonds is 3. The Bertz CT molecular complexity index is 1330. The molecule has 3 fully saturated rings. The molecule has 2 saturated heterocycles. The van der Waals surface area contributed by atoms with E-state index >= 15 is 0 Å². The summed E-state index contributed by atoms with van der Waals surface area (Å²) in [5.74, 6) is 1.09. The van der Waals surface area contributed by atoms with Crippen LogP contribution in [0.1, 0.15) is 17.8 Å². The van der Waals surface area contributed by atoms with Gasteiger partial charge in [0.25, 0.3) is 0 Å². The maximum atomic E-state index is 13.6. The summed E-state index contributed by atoms with van der Waals surface area (Å²) in [5.41, 5.74) is 1.91. The molecule has 1 spiro atoms. The topological polar surface area (TPSA) is 70.4 Å². The molecule has 35 heavy (non-hydrogen) atoms. The zero-order valence-electron chi connectivity index (χ0n) is 18.7. The minimum Gasteiger partial charge on any atom is -0.355 e. The molecule has 1 amide bonds. The van der Waals surface area contributed by atoms with Gasteiger partial charge in [0.05, 0.1) is 24.3 Å². The van der Waals surface area contributed by atoms with Crippen molar-refractivity contribution in [3.8, 4) is 5.69 Å². The van der Waals surface area contributed by atoms with Gasteiger partial charge in [-0.05, 0) is 42.3 Å². The van der Waals surface area contributed by atoms with Crippen LogP contribution in [-0.4, -0.2) is 62.9 Å². The highest BCUT2D eigenvalue weighted by Gasteiger charge is 2.53. The first kappa shape index (κ1) is 21.0. The Morgan fingerprint density at radius 3 is 2.54 bits per heavy atom. The van der Waals surface area contributed by atoms with E-state index in [2.05, 4.69) is 25.0 Å². The van der Waals surface area contributed by atoms with Gasteiger partial charge in [0.1, 0.15) is 17.8 Å². The molecule has 1 unspecified atom stereocenters. The first-order chi connectivity index (χ1) is 16.9. The monoisotopic (exact) mass is 497 g/mol. The van der Waals surface area contributed by atoms with Gasteiger partial charge in [0.2, 0.25) is 11.9 Å². The SMILES string of the molecule is O=C(C1C[C@@H]1F)N1Cc2cc(Cl)ccc2-n2c(nnc2N2CC3(CN(c4ccc(F)cn4)C3)C2)C1. The summed E-state index contributed by atoms with van der Waals surface area (Å²) in [6.45, 7) is 3.96. The fourth-order valence-corrected chi connectivity index (χ4v) is 5.78. The number of hydrogen-bond donors (Lipinski definition) is 0. The van der Waals surface area contributed by atoms with Crippen molar-refractivity contribution in [3.05, 3.63) is 58.8 Å². The van der Waals surface area contributed by atoms with Crippen molar-refractivity contribution in [1.82, 2.24) is 24.6 Å². The lowest BCUT2D eigenvalue weighted by molar-refractivity contribution is -0.134. The van der Waals surface area contributed by atoms with Crippen LogP contribution in [0.15, 0.2) is 36.5 Å². The van der Waals surface area contributed by atoms with Gasteiger partial charge in [0, 0.05) is 43.2 Å². The van der Waals surface area contributed by atoms with Crippen molar-refractivity contribution < 1.29 is 13.6 Å². The molecule has 1 aliphatic carbocycles. The van der Waals surface area contributed by atoms with Crippen LogP contribution in [0.25, 0.3) is 5.69 Å². The Morgan fingerprint density at radius 1 is 1.06 bits per heavy atom. The number of nitrogens with zero attached hydrogens (tertiary/aromatic N) is 7. The van der Waals surface area contributed by atoms with Crippen molar-refractivity contribution >= 4 is 29.3 Å². The minimum atomic E-state index is -1.05. The van der Waals surface area contributed by atoms with E-state index in [0.717, 1.165) is 49.2 Å². The molecule has 4 aliphatic rings. The third-order valence-electron chi connectivity index (χ3n) is 7.45. The average molecular weight is 498 g/mol. The third kappa shape index (κ3) is 3.37. The van der Waals surface area contributed by atoms with E-state index in [1.54, 1.807) is 11.0 Å². The Hall–Kier alpha value is -3.27. The summed E-state index contributed by atoms with van der Waals surface area (Å²) in [6.07, 6.45) is 0.478. The normalized spacial score (nSPS) is 23.8. The van der Waals surface area contributed by atoms with E-state index < -0.39 is 12.1 Å². The molecule has 0 N–H and O–H groups in total. The van der Waals surface area contributed by atoms with Crippen LogP contribution < -0.4 is 9.80 Å². The molecule has 0 bridgehead atoms. The number of carbonyl (C=O) groups is 1. The molecule has 2 atom stereocenters. The molecule has 2 aromatic heterocycles. The highest BCUT2D eigenvalue weighted by molar-refractivity contribution is 6.30. The fourth-order valence-electron chi connectivity index (χ4n) is 5.59. The zero-order chi connectivity index (χ0) is 23.9. The second kappa shape index (κ2) is 7.36. The van der Waals surface area contributed by atoms with E-state index in [-0.39, 0.29) is 30.1 Å². The zero-order valence-corrected chi connectivity index (χ0v) is 19.5. The van der Waals surface area contributed by atoms with Crippen LogP contribution in [0.3, 0.4) is 0 Å². The Labute approximate surface area is 205 Å². The van der Waals surface area contributed by atoms with Crippen LogP contribution in [-0.2, 0) is 17.9 Å². The van der Waals surface area contributed by atoms with E-state index in [0.29, 0.717) is 17.4 Å². The smallest absolute Gasteiger partial charge is 0.232 e. The van der Waals surface area contributed by atoms with E-state index in [1.165, 1.54) is 12.3 Å². The lowest BCUT2D eigenvalue weighted by Crippen LogP contribution is -2.73. The predicted molar refractivity (Wildman–Crippen MR) is 125 cm³/mol. The molecular formula is C24H22ClF2N7O. The Balaban J connectivity index is 1.14. The van der Waals surface area contributed by atoms with Crippen molar-refractivity contribution in [2.75, 3.05) is 36.0 Å². The summed E-state index contributed by atoms with van der Waals surface area (Å²) in [5, 5.41) is 9.50. The van der Waals surface area contributed by atoms with Crippen molar-refractivity contribution in [2.45, 2.75) is 25.7 Å². The number of pyridine rings is 1. The van der Waals surface area contributed by atoms with E-state index in [4.69, 9.17) is 11.6 Å². The maximum Gasteiger partial charge on any atom is 0.232 e. The molecule has 180 valence electrons. The van der Waals surface area contributed by atoms with Crippen LogP contribution in [0, 0.1) is 17.2 Å².